The Bertz CT molecular complexity index is 505. The Kier molecular flexibility index (Phi) is 4.54. The van der Waals surface area contributed by atoms with E-state index >= 15 is 0 Å². The number of rotatable bonds is 2. The van der Waals surface area contributed by atoms with Crippen LogP contribution in [0.4, 0.5) is 0 Å². The van der Waals surface area contributed by atoms with Crippen molar-refractivity contribution < 1.29 is 4.79 Å². The third kappa shape index (κ3) is 4.09. The summed E-state index contributed by atoms with van der Waals surface area (Å²) in [4.78, 5) is 14.9. The minimum absolute atomic E-state index is 0.278. The Morgan fingerprint density at radius 2 is 2.00 bits per heavy atom. The van der Waals surface area contributed by atoms with Crippen LogP contribution in [-0.4, -0.2) is 11.9 Å². The van der Waals surface area contributed by atoms with Crippen molar-refractivity contribution in [2.45, 2.75) is 6.92 Å². The molecule has 1 rings (SSSR count). The van der Waals surface area contributed by atoms with Crippen molar-refractivity contribution in [2.24, 2.45) is 16.5 Å². The van der Waals surface area contributed by atoms with Crippen molar-refractivity contribution in [2.75, 3.05) is 0 Å². The summed E-state index contributed by atoms with van der Waals surface area (Å²) in [7, 11) is 0. The van der Waals surface area contributed by atoms with Crippen LogP contribution in [-0.2, 0) is 4.79 Å². The third-order valence-corrected chi connectivity index (χ3v) is 2.48. The van der Waals surface area contributed by atoms with Crippen molar-refractivity contribution in [1.29, 1.82) is 0 Å². The molecule has 0 saturated carbocycles. The Morgan fingerprint density at radius 1 is 1.35 bits per heavy atom. The van der Waals surface area contributed by atoms with Gasteiger partial charge in [0, 0.05) is 15.6 Å². The molecule has 0 radical (unpaired) electrons. The van der Waals surface area contributed by atoms with Gasteiger partial charge in [-0.2, -0.15) is 4.99 Å². The van der Waals surface area contributed by atoms with Gasteiger partial charge in [-0.1, -0.05) is 23.2 Å². The van der Waals surface area contributed by atoms with Crippen molar-refractivity contribution >= 4 is 41.1 Å². The number of nitrogens with zero attached hydrogens (tertiary/aromatic N) is 1. The van der Waals surface area contributed by atoms with Gasteiger partial charge in [-0.05, 0) is 36.8 Å². The van der Waals surface area contributed by atoms with Gasteiger partial charge in [-0.15, -0.1) is 0 Å². The fraction of sp³-hybridized carbons (Fsp3) is 0.0909. The fourth-order valence-electron chi connectivity index (χ4n) is 1.13. The summed E-state index contributed by atoms with van der Waals surface area (Å²) in [5, 5.41) is 1.02. The Labute approximate surface area is 109 Å². The molecule has 6 heteroatoms. The molecule has 90 valence electrons. The van der Waals surface area contributed by atoms with Crippen LogP contribution in [0.15, 0.2) is 28.8 Å². The second-order valence-electron chi connectivity index (χ2n) is 3.34. The molecule has 0 saturated heterocycles. The summed E-state index contributed by atoms with van der Waals surface area (Å²) >= 11 is 11.8. The molecule has 0 fully saturated rings. The maximum absolute atomic E-state index is 11.5. The second-order valence-corrected chi connectivity index (χ2v) is 4.18. The Hall–Kier alpha value is -1.52. The molecule has 0 aliphatic carbocycles. The summed E-state index contributed by atoms with van der Waals surface area (Å²) in [6, 6.07) is 4.96. The average Bonchev–Trinajstić information content (AvgIpc) is 2.22. The lowest BCUT2D eigenvalue weighted by Gasteiger charge is -2.01. The van der Waals surface area contributed by atoms with Crippen molar-refractivity contribution in [3.63, 3.8) is 0 Å². The number of hydrogen-bond donors (Lipinski definition) is 2. The molecule has 0 aliphatic heterocycles. The van der Waals surface area contributed by atoms with Crippen LogP contribution in [0.2, 0.25) is 10.0 Å². The third-order valence-electron chi connectivity index (χ3n) is 1.90. The predicted molar refractivity (Wildman–Crippen MR) is 70.9 cm³/mol. The van der Waals surface area contributed by atoms with Crippen molar-refractivity contribution in [1.82, 2.24) is 0 Å². The van der Waals surface area contributed by atoms with E-state index in [1.54, 1.807) is 31.2 Å². The molecule has 4 nitrogen and oxygen atoms in total. The molecule has 1 aromatic rings. The number of aliphatic imine (C=N–C) groups is 1. The summed E-state index contributed by atoms with van der Waals surface area (Å²) in [6.07, 6.45) is 1.57. The van der Waals surface area contributed by atoms with Gasteiger partial charge in [0.25, 0.3) is 5.91 Å². The van der Waals surface area contributed by atoms with Crippen LogP contribution in [0, 0.1) is 0 Å². The van der Waals surface area contributed by atoms with Gasteiger partial charge in [0.05, 0.1) is 0 Å². The molecular weight excluding hydrogens is 261 g/mol. The van der Waals surface area contributed by atoms with Crippen LogP contribution in [0.1, 0.15) is 12.5 Å². The molecule has 17 heavy (non-hydrogen) atoms. The minimum Gasteiger partial charge on any atom is -0.370 e. The van der Waals surface area contributed by atoms with E-state index in [2.05, 4.69) is 4.99 Å². The molecule has 0 bridgehead atoms. The van der Waals surface area contributed by atoms with Gasteiger partial charge in [0.2, 0.25) is 0 Å². The zero-order chi connectivity index (χ0) is 13.0. The van der Waals surface area contributed by atoms with Gasteiger partial charge in [-0.3, -0.25) is 4.79 Å². The Morgan fingerprint density at radius 3 is 2.59 bits per heavy atom. The maximum Gasteiger partial charge on any atom is 0.275 e. The lowest BCUT2D eigenvalue weighted by molar-refractivity contribution is -0.114. The molecule has 0 heterocycles. The lowest BCUT2D eigenvalue weighted by atomic mass is 10.1. The number of carbonyl (C=O) groups excluding carboxylic acids is 1. The summed E-state index contributed by atoms with van der Waals surface area (Å²) in [6.45, 7) is 1.59. The Balaban J connectivity index is 3.06. The van der Waals surface area contributed by atoms with Crippen molar-refractivity contribution in [3.8, 4) is 0 Å². The van der Waals surface area contributed by atoms with E-state index in [4.69, 9.17) is 34.7 Å². The number of amides is 1. The summed E-state index contributed by atoms with van der Waals surface area (Å²) < 4.78 is 0. The van der Waals surface area contributed by atoms with Gasteiger partial charge < -0.3 is 11.5 Å². The van der Waals surface area contributed by atoms with E-state index < -0.39 is 5.91 Å². The van der Waals surface area contributed by atoms with Crippen LogP contribution in [0.3, 0.4) is 0 Å². The molecule has 0 aromatic heterocycles. The van der Waals surface area contributed by atoms with Crippen LogP contribution < -0.4 is 11.5 Å². The van der Waals surface area contributed by atoms with Crippen molar-refractivity contribution in [3.05, 3.63) is 39.4 Å². The largest absolute Gasteiger partial charge is 0.370 e. The number of halogens is 2. The predicted octanol–water partition coefficient (Wildman–Crippen LogP) is 2.20. The molecule has 0 spiro atoms. The highest BCUT2D eigenvalue weighted by Crippen LogP contribution is 2.23. The van der Waals surface area contributed by atoms with Gasteiger partial charge in [0.1, 0.15) is 0 Å². The van der Waals surface area contributed by atoms with Crippen LogP contribution in [0.5, 0.6) is 0 Å². The SMILES string of the molecule is C/C(=C\c1cc(Cl)ccc1Cl)C(=O)N=C(N)N. The highest BCUT2D eigenvalue weighted by molar-refractivity contribution is 6.34. The summed E-state index contributed by atoms with van der Waals surface area (Å²) in [5.41, 5.74) is 11.2. The fourth-order valence-corrected chi connectivity index (χ4v) is 1.48. The van der Waals surface area contributed by atoms with E-state index in [1.807, 2.05) is 0 Å². The number of hydrogen-bond acceptors (Lipinski definition) is 1. The number of nitrogens with two attached hydrogens (primary N) is 2. The molecule has 1 amide bonds. The smallest absolute Gasteiger partial charge is 0.275 e. The van der Waals surface area contributed by atoms with E-state index in [-0.39, 0.29) is 5.96 Å². The average molecular weight is 272 g/mol. The molecule has 0 atom stereocenters. The molecule has 0 unspecified atom stereocenters. The standard InChI is InChI=1S/C11H11Cl2N3O/c1-6(10(17)16-11(14)15)4-7-5-8(12)2-3-9(7)13/h2-5H,1H3,(H4,14,15,16,17)/b6-4+. The second kappa shape index (κ2) is 5.70. The van der Waals surface area contributed by atoms with E-state index in [0.717, 1.165) is 0 Å². The zero-order valence-electron chi connectivity index (χ0n) is 9.08. The minimum atomic E-state index is -0.513. The lowest BCUT2D eigenvalue weighted by Crippen LogP contribution is -2.24. The highest BCUT2D eigenvalue weighted by Gasteiger charge is 2.05. The normalized spacial score (nSPS) is 11.1. The number of carbonyl (C=O) groups is 1. The molecular formula is C11H11Cl2N3O. The highest BCUT2D eigenvalue weighted by atomic mass is 35.5. The van der Waals surface area contributed by atoms with E-state index in [0.29, 0.717) is 21.2 Å². The topological polar surface area (TPSA) is 81.5 Å². The number of benzene rings is 1. The van der Waals surface area contributed by atoms with E-state index in [1.165, 1.54) is 0 Å². The van der Waals surface area contributed by atoms with Crippen LogP contribution >= 0.6 is 23.2 Å². The van der Waals surface area contributed by atoms with Crippen LogP contribution in [0.25, 0.3) is 6.08 Å². The maximum atomic E-state index is 11.5. The quantitative estimate of drug-likeness (QED) is 0.492. The van der Waals surface area contributed by atoms with Gasteiger partial charge >= 0.3 is 0 Å². The first-order valence-corrected chi connectivity index (χ1v) is 5.43. The van der Waals surface area contributed by atoms with Gasteiger partial charge in [-0.25, -0.2) is 0 Å². The first kappa shape index (κ1) is 13.5. The first-order valence-electron chi connectivity index (χ1n) is 4.67. The molecule has 0 aliphatic rings. The molecule has 1 aromatic carbocycles. The monoisotopic (exact) mass is 271 g/mol. The zero-order valence-corrected chi connectivity index (χ0v) is 10.6. The van der Waals surface area contributed by atoms with Gasteiger partial charge in [0.15, 0.2) is 5.96 Å². The van der Waals surface area contributed by atoms with E-state index in [9.17, 15) is 4.79 Å². The molecule has 4 N–H and O–H groups in total. The summed E-state index contributed by atoms with van der Waals surface area (Å²) in [5.74, 6) is -0.791. The first-order chi connectivity index (χ1) is 7.90. The number of guanidine groups is 1.